The highest BCUT2D eigenvalue weighted by atomic mass is 16.3. The van der Waals surface area contributed by atoms with Crippen LogP contribution in [0.5, 0.6) is 0 Å². The molecule has 1 aromatic carbocycles. The summed E-state index contributed by atoms with van der Waals surface area (Å²) in [4.78, 5) is 6.96. The lowest BCUT2D eigenvalue weighted by atomic mass is 9.83. The van der Waals surface area contributed by atoms with Crippen LogP contribution < -0.4 is 0 Å². The van der Waals surface area contributed by atoms with Crippen molar-refractivity contribution in [1.82, 2.24) is 9.88 Å². The van der Waals surface area contributed by atoms with E-state index in [1.165, 1.54) is 11.1 Å². The molecule has 25 heavy (non-hydrogen) atoms. The number of nitrogens with zero attached hydrogens (tertiary/aromatic N) is 2. The molecule has 1 atom stereocenters. The zero-order chi connectivity index (χ0) is 17.8. The van der Waals surface area contributed by atoms with Crippen molar-refractivity contribution in [1.29, 1.82) is 0 Å². The van der Waals surface area contributed by atoms with Gasteiger partial charge < -0.3 is 9.32 Å². The molecule has 3 aromatic rings. The number of fused-ring (bicyclic) bond motifs is 3. The lowest BCUT2D eigenvalue weighted by molar-refractivity contribution is 0.256. The van der Waals surface area contributed by atoms with Gasteiger partial charge >= 0.3 is 0 Å². The van der Waals surface area contributed by atoms with Crippen LogP contribution in [0.3, 0.4) is 0 Å². The lowest BCUT2D eigenvalue weighted by Gasteiger charge is -2.40. The second-order valence-electron chi connectivity index (χ2n) is 7.47. The van der Waals surface area contributed by atoms with E-state index < -0.39 is 0 Å². The van der Waals surface area contributed by atoms with Gasteiger partial charge in [-0.25, -0.2) is 0 Å². The Morgan fingerprint density at radius 2 is 1.96 bits per heavy atom. The second kappa shape index (κ2) is 5.48. The molecule has 3 heterocycles. The molecule has 4 rings (SSSR count). The molecule has 0 bridgehead atoms. The number of rotatable bonds is 2. The van der Waals surface area contributed by atoms with Crippen LogP contribution in [0.1, 0.15) is 31.9 Å². The van der Waals surface area contributed by atoms with Crippen molar-refractivity contribution in [3.63, 3.8) is 0 Å². The third kappa shape index (κ3) is 2.30. The largest absolute Gasteiger partial charge is 0.454 e. The van der Waals surface area contributed by atoms with E-state index in [1.807, 2.05) is 24.4 Å². The monoisotopic (exact) mass is 332 g/mol. The first kappa shape index (κ1) is 15.9. The maximum Gasteiger partial charge on any atom is 0.160 e. The molecule has 2 aromatic heterocycles. The van der Waals surface area contributed by atoms with Crippen molar-refractivity contribution in [2.45, 2.75) is 33.2 Å². The quantitative estimate of drug-likeness (QED) is 0.616. The van der Waals surface area contributed by atoms with Crippen molar-refractivity contribution in [3.05, 3.63) is 65.5 Å². The molecule has 3 nitrogen and oxygen atoms in total. The summed E-state index contributed by atoms with van der Waals surface area (Å²) in [5, 5.41) is 1.07. The number of pyridine rings is 1. The molecule has 3 heteroatoms. The van der Waals surface area contributed by atoms with Crippen LogP contribution in [0, 0.1) is 12.8 Å². The highest BCUT2D eigenvalue weighted by molar-refractivity contribution is 6.03. The van der Waals surface area contributed by atoms with E-state index in [-0.39, 0.29) is 5.54 Å². The minimum atomic E-state index is -0.266. The summed E-state index contributed by atoms with van der Waals surface area (Å²) in [6, 6.07) is 8.12. The van der Waals surface area contributed by atoms with Crippen LogP contribution in [0.15, 0.2) is 58.8 Å². The first-order valence-corrected chi connectivity index (χ1v) is 8.83. The van der Waals surface area contributed by atoms with Crippen molar-refractivity contribution in [2.24, 2.45) is 5.92 Å². The van der Waals surface area contributed by atoms with Gasteiger partial charge in [-0.1, -0.05) is 38.1 Å². The lowest BCUT2D eigenvalue weighted by Crippen LogP contribution is -2.39. The molecule has 0 aliphatic carbocycles. The molecule has 0 fully saturated rings. The van der Waals surface area contributed by atoms with Gasteiger partial charge in [0.25, 0.3) is 0 Å². The molecular weight excluding hydrogens is 308 g/mol. The Bertz CT molecular complexity index is 1030. The first-order chi connectivity index (χ1) is 11.9. The van der Waals surface area contributed by atoms with Gasteiger partial charge in [-0.3, -0.25) is 4.98 Å². The molecule has 1 aliphatic heterocycles. The predicted molar refractivity (Wildman–Crippen MR) is 103 cm³/mol. The summed E-state index contributed by atoms with van der Waals surface area (Å²) >= 11 is 0. The van der Waals surface area contributed by atoms with Gasteiger partial charge in [0.2, 0.25) is 0 Å². The molecule has 0 spiro atoms. The molecule has 1 aliphatic rings. The Balaban J connectivity index is 1.98. The first-order valence-electron chi connectivity index (χ1n) is 8.83. The number of para-hydroxylation sites is 1. The van der Waals surface area contributed by atoms with Crippen LogP contribution >= 0.6 is 0 Å². The minimum absolute atomic E-state index is 0.266. The Morgan fingerprint density at radius 1 is 1.20 bits per heavy atom. The Kier molecular flexibility index (Phi) is 3.50. The smallest absolute Gasteiger partial charge is 0.160 e. The second-order valence-corrected chi connectivity index (χ2v) is 7.47. The molecule has 0 N–H and O–H groups in total. The van der Waals surface area contributed by atoms with Gasteiger partial charge in [0, 0.05) is 30.4 Å². The van der Waals surface area contributed by atoms with Crippen molar-refractivity contribution >= 4 is 22.1 Å². The molecule has 0 saturated carbocycles. The van der Waals surface area contributed by atoms with E-state index in [0.717, 1.165) is 27.6 Å². The maximum atomic E-state index is 6.26. The van der Waals surface area contributed by atoms with E-state index in [1.54, 1.807) is 0 Å². The normalized spacial score (nSPS) is 20.7. The number of hydrogen-bond donors (Lipinski definition) is 0. The van der Waals surface area contributed by atoms with E-state index in [4.69, 9.17) is 4.42 Å². The summed E-state index contributed by atoms with van der Waals surface area (Å²) < 4.78 is 6.26. The van der Waals surface area contributed by atoms with Gasteiger partial charge in [-0.05, 0) is 43.0 Å². The van der Waals surface area contributed by atoms with E-state index in [9.17, 15) is 0 Å². The van der Waals surface area contributed by atoms with Crippen molar-refractivity contribution in [3.8, 4) is 0 Å². The zero-order valence-electron chi connectivity index (χ0n) is 15.5. The average molecular weight is 332 g/mol. The summed E-state index contributed by atoms with van der Waals surface area (Å²) in [6.07, 6.45) is 8.75. The summed E-state index contributed by atoms with van der Waals surface area (Å²) in [5.74, 6) is 0.507. The van der Waals surface area contributed by atoms with E-state index >= 15 is 0 Å². The fourth-order valence-corrected chi connectivity index (χ4v) is 3.74. The fraction of sp³-hybridized carbons (Fsp3) is 0.318. The van der Waals surface area contributed by atoms with Crippen molar-refractivity contribution < 1.29 is 4.42 Å². The summed E-state index contributed by atoms with van der Waals surface area (Å²) in [5.41, 5.74) is 6.13. The molecule has 1 unspecified atom stereocenters. The highest BCUT2D eigenvalue weighted by Gasteiger charge is 2.35. The third-order valence-corrected chi connectivity index (χ3v) is 5.43. The number of aromatic nitrogens is 1. The molecular formula is C22H24N2O. The van der Waals surface area contributed by atoms with Crippen molar-refractivity contribution in [2.75, 3.05) is 7.05 Å². The zero-order valence-corrected chi connectivity index (χ0v) is 15.5. The maximum absolute atomic E-state index is 6.26. The van der Waals surface area contributed by atoms with Gasteiger partial charge in [0.15, 0.2) is 5.58 Å². The number of likely N-dealkylation sites (N-methyl/N-ethyl adjacent to an activating group) is 1. The van der Waals surface area contributed by atoms with Crippen LogP contribution in [-0.4, -0.2) is 16.9 Å². The Labute approximate surface area is 148 Å². The number of furan rings is 1. The fourth-order valence-electron chi connectivity index (χ4n) is 3.74. The topological polar surface area (TPSA) is 29.3 Å². The van der Waals surface area contributed by atoms with Gasteiger partial charge in [0.1, 0.15) is 11.1 Å². The summed E-state index contributed by atoms with van der Waals surface area (Å²) in [7, 11) is 2.14. The Hall–Kier alpha value is -2.55. The Morgan fingerprint density at radius 3 is 2.68 bits per heavy atom. The standard InChI is InChI=1S/C22H24N2O/c1-14(2)16-10-11-22(4,24(5)13-16)19-15(3)12-23-20-17-8-6-7-9-18(17)25-21(19)20/h6-14H,1-5H3. The van der Waals surface area contributed by atoms with Gasteiger partial charge in [-0.2, -0.15) is 0 Å². The molecule has 0 radical (unpaired) electrons. The van der Waals surface area contributed by atoms with E-state index in [2.05, 4.69) is 69.0 Å². The van der Waals surface area contributed by atoms with Crippen LogP contribution in [0.25, 0.3) is 22.1 Å². The molecule has 0 amide bonds. The van der Waals surface area contributed by atoms with Crippen LogP contribution in [0.2, 0.25) is 0 Å². The predicted octanol–water partition coefficient (Wildman–Crippen LogP) is 5.55. The van der Waals surface area contributed by atoms with E-state index in [0.29, 0.717) is 5.92 Å². The highest BCUT2D eigenvalue weighted by Crippen LogP contribution is 2.41. The SMILES string of the molecule is Cc1cnc2c(oc3ccccc32)c1C1(C)C=CC(C(C)C)=CN1C. The molecule has 0 saturated heterocycles. The third-order valence-electron chi connectivity index (χ3n) is 5.43. The summed E-state index contributed by atoms with van der Waals surface area (Å²) in [6.45, 7) is 8.80. The number of aryl methyl sites for hydroxylation is 1. The van der Waals surface area contributed by atoms with Gasteiger partial charge in [0.05, 0.1) is 5.54 Å². The number of hydrogen-bond acceptors (Lipinski definition) is 3. The molecule has 128 valence electrons. The van der Waals surface area contributed by atoms with Gasteiger partial charge in [-0.15, -0.1) is 0 Å². The number of benzene rings is 1. The van der Waals surface area contributed by atoms with Crippen LogP contribution in [0.4, 0.5) is 0 Å². The van der Waals surface area contributed by atoms with Crippen LogP contribution in [-0.2, 0) is 5.54 Å². The number of allylic oxidation sites excluding steroid dienone is 2. The average Bonchev–Trinajstić information content (AvgIpc) is 2.95. The minimum Gasteiger partial charge on any atom is -0.454 e.